The highest BCUT2D eigenvalue weighted by atomic mass is 19.1. The van der Waals surface area contributed by atoms with E-state index >= 15 is 0 Å². The number of nitriles is 1. The first-order chi connectivity index (χ1) is 14.1. The van der Waals surface area contributed by atoms with Crippen LogP contribution in [0.15, 0.2) is 41.2 Å². The van der Waals surface area contributed by atoms with Gasteiger partial charge in [0.2, 0.25) is 0 Å². The van der Waals surface area contributed by atoms with Gasteiger partial charge in [0.25, 0.3) is 5.56 Å². The summed E-state index contributed by atoms with van der Waals surface area (Å²) in [7, 11) is 0. The van der Waals surface area contributed by atoms with Crippen LogP contribution in [0.5, 0.6) is 0 Å². The van der Waals surface area contributed by atoms with Crippen LogP contribution in [0.25, 0.3) is 22.0 Å². The second-order valence-corrected chi connectivity index (χ2v) is 7.38. The lowest BCUT2D eigenvalue weighted by Crippen LogP contribution is -2.31. The van der Waals surface area contributed by atoms with Crippen LogP contribution in [0.1, 0.15) is 24.2 Å². The Morgan fingerprint density at radius 2 is 1.97 bits per heavy atom. The van der Waals surface area contributed by atoms with E-state index in [1.54, 1.807) is 34.9 Å². The van der Waals surface area contributed by atoms with Gasteiger partial charge in [0.1, 0.15) is 11.6 Å². The second-order valence-electron chi connectivity index (χ2n) is 7.38. The largest absolute Gasteiger partial charge is 0.347 e. The van der Waals surface area contributed by atoms with E-state index in [9.17, 15) is 9.18 Å². The van der Waals surface area contributed by atoms with Gasteiger partial charge in [0.05, 0.1) is 35.7 Å². The Bertz CT molecular complexity index is 1220. The van der Waals surface area contributed by atoms with Crippen molar-refractivity contribution in [2.75, 3.05) is 13.2 Å². The summed E-state index contributed by atoms with van der Waals surface area (Å²) in [4.78, 5) is 17.8. The van der Waals surface area contributed by atoms with E-state index in [2.05, 4.69) is 0 Å². The molecule has 0 unspecified atom stereocenters. The zero-order chi connectivity index (χ0) is 20.0. The van der Waals surface area contributed by atoms with Crippen molar-refractivity contribution in [1.82, 2.24) is 9.55 Å². The summed E-state index contributed by atoms with van der Waals surface area (Å²) in [6.07, 6.45) is 1.83. The molecule has 1 spiro atoms. The minimum absolute atomic E-state index is 0.105. The summed E-state index contributed by atoms with van der Waals surface area (Å²) in [5.74, 6) is -0.411. The molecule has 2 aliphatic rings. The fraction of sp³-hybridized carbons (Fsp3) is 0.318. The second kappa shape index (κ2) is 6.76. The van der Waals surface area contributed by atoms with Gasteiger partial charge in [-0.25, -0.2) is 9.37 Å². The molecule has 0 amide bonds. The Morgan fingerprint density at radius 3 is 2.72 bits per heavy atom. The Hall–Kier alpha value is -3.08. The lowest BCUT2D eigenvalue weighted by Gasteiger charge is -2.24. The van der Waals surface area contributed by atoms with Crippen molar-refractivity contribution in [3.63, 3.8) is 0 Å². The van der Waals surface area contributed by atoms with Crippen molar-refractivity contribution in [2.24, 2.45) is 0 Å². The summed E-state index contributed by atoms with van der Waals surface area (Å²) < 4.78 is 27.7. The molecule has 1 saturated heterocycles. The minimum Gasteiger partial charge on any atom is -0.347 e. The van der Waals surface area contributed by atoms with E-state index in [-0.39, 0.29) is 11.1 Å². The molecule has 0 atom stereocenters. The number of aromatic nitrogens is 2. The van der Waals surface area contributed by atoms with Crippen LogP contribution in [0.3, 0.4) is 0 Å². The van der Waals surface area contributed by atoms with Crippen LogP contribution in [0.2, 0.25) is 0 Å². The van der Waals surface area contributed by atoms with Crippen molar-refractivity contribution in [3.05, 3.63) is 64.0 Å². The molecule has 6 nitrogen and oxygen atoms in total. The Morgan fingerprint density at radius 1 is 1.14 bits per heavy atom. The van der Waals surface area contributed by atoms with Gasteiger partial charge in [0.15, 0.2) is 5.79 Å². The van der Waals surface area contributed by atoms with Crippen LogP contribution in [-0.4, -0.2) is 28.6 Å². The third-order valence-electron chi connectivity index (χ3n) is 5.70. The number of rotatable bonds is 1. The summed E-state index contributed by atoms with van der Waals surface area (Å²) in [5.41, 5.74) is 1.68. The van der Waals surface area contributed by atoms with Crippen LogP contribution in [0, 0.1) is 17.1 Å². The average Bonchev–Trinajstić information content (AvgIpc) is 3.12. The Kier molecular flexibility index (Phi) is 4.19. The van der Waals surface area contributed by atoms with Gasteiger partial charge < -0.3 is 9.47 Å². The van der Waals surface area contributed by atoms with Gasteiger partial charge in [-0.05, 0) is 29.8 Å². The summed E-state index contributed by atoms with van der Waals surface area (Å²) in [5, 5.41) is 9.42. The van der Waals surface area contributed by atoms with Gasteiger partial charge in [0, 0.05) is 31.4 Å². The van der Waals surface area contributed by atoms with Crippen LogP contribution >= 0.6 is 0 Å². The highest BCUT2D eigenvalue weighted by Gasteiger charge is 2.38. The summed E-state index contributed by atoms with van der Waals surface area (Å²) in [6, 6.07) is 11.4. The fourth-order valence-electron chi connectivity index (χ4n) is 4.17. The molecule has 1 fully saturated rings. The zero-order valence-electron chi connectivity index (χ0n) is 15.7. The number of ether oxygens (including phenoxy) is 2. The number of aryl methyl sites for hydroxylation is 1. The smallest absolute Gasteiger partial charge is 0.261 e. The minimum atomic E-state index is -0.622. The summed E-state index contributed by atoms with van der Waals surface area (Å²) >= 11 is 0. The van der Waals surface area contributed by atoms with Crippen molar-refractivity contribution < 1.29 is 13.9 Å². The van der Waals surface area contributed by atoms with Gasteiger partial charge in [-0.2, -0.15) is 5.26 Å². The fourth-order valence-corrected chi connectivity index (χ4v) is 4.17. The number of fused-ring (bicyclic) bond motifs is 2. The molecule has 0 bridgehead atoms. The van der Waals surface area contributed by atoms with Crippen LogP contribution < -0.4 is 5.56 Å². The standard InChI is InChI=1S/C22H18FN3O3/c23-18-11-14(13-24)1-3-16(18)15-2-4-17-19(12-15)25-20-5-6-22(28-9-10-29-22)7-8-26(20)21(17)27/h1-4,11-12H,5-10H2. The lowest BCUT2D eigenvalue weighted by molar-refractivity contribution is -0.165. The number of nitrogens with zero attached hydrogens (tertiary/aromatic N) is 3. The lowest BCUT2D eigenvalue weighted by atomic mass is 10.0. The van der Waals surface area contributed by atoms with Gasteiger partial charge in [-0.1, -0.05) is 12.1 Å². The first-order valence-electron chi connectivity index (χ1n) is 9.60. The van der Waals surface area contributed by atoms with Crippen molar-refractivity contribution in [2.45, 2.75) is 31.6 Å². The van der Waals surface area contributed by atoms with Gasteiger partial charge in [-0.15, -0.1) is 0 Å². The third-order valence-corrected chi connectivity index (χ3v) is 5.70. The molecule has 29 heavy (non-hydrogen) atoms. The SMILES string of the molecule is N#Cc1ccc(-c2ccc3c(=O)n4c(nc3c2)CCC2(CC4)OCCO2)c(F)c1. The topological polar surface area (TPSA) is 77.1 Å². The molecule has 0 aliphatic carbocycles. The molecule has 2 aliphatic heterocycles. The Labute approximate surface area is 166 Å². The van der Waals surface area contributed by atoms with E-state index in [4.69, 9.17) is 19.7 Å². The molecular weight excluding hydrogens is 373 g/mol. The zero-order valence-corrected chi connectivity index (χ0v) is 15.7. The van der Waals surface area contributed by atoms with Crippen LogP contribution in [0.4, 0.5) is 4.39 Å². The van der Waals surface area contributed by atoms with E-state index in [1.807, 2.05) is 6.07 Å². The number of halogens is 1. The maximum absolute atomic E-state index is 14.4. The first-order valence-corrected chi connectivity index (χ1v) is 9.60. The quantitative estimate of drug-likeness (QED) is 0.637. The molecular formula is C22H18FN3O3. The van der Waals surface area contributed by atoms with E-state index < -0.39 is 11.6 Å². The molecule has 0 N–H and O–H groups in total. The number of benzene rings is 2. The molecule has 0 radical (unpaired) electrons. The first kappa shape index (κ1) is 18.0. The number of hydrogen-bond acceptors (Lipinski definition) is 5. The molecule has 5 rings (SSSR count). The molecule has 3 aromatic rings. The predicted octanol–water partition coefficient (Wildman–Crippen LogP) is 3.15. The molecule has 146 valence electrons. The normalized spacial score (nSPS) is 17.8. The molecule has 0 saturated carbocycles. The monoisotopic (exact) mass is 391 g/mol. The van der Waals surface area contributed by atoms with Crippen molar-refractivity contribution in [1.29, 1.82) is 5.26 Å². The van der Waals surface area contributed by atoms with E-state index in [1.165, 1.54) is 6.07 Å². The molecule has 3 heterocycles. The maximum atomic E-state index is 14.4. The highest BCUT2D eigenvalue weighted by Crippen LogP contribution is 2.32. The average molecular weight is 391 g/mol. The Balaban J connectivity index is 1.58. The van der Waals surface area contributed by atoms with Gasteiger partial charge in [-0.3, -0.25) is 9.36 Å². The highest BCUT2D eigenvalue weighted by molar-refractivity contribution is 5.84. The van der Waals surface area contributed by atoms with Crippen LogP contribution in [-0.2, 0) is 22.4 Å². The van der Waals surface area contributed by atoms with Gasteiger partial charge >= 0.3 is 0 Å². The summed E-state index contributed by atoms with van der Waals surface area (Å²) in [6.45, 7) is 1.63. The molecule has 7 heteroatoms. The third kappa shape index (κ3) is 3.01. The number of hydrogen-bond donors (Lipinski definition) is 0. The van der Waals surface area contributed by atoms with E-state index in [0.717, 1.165) is 0 Å². The maximum Gasteiger partial charge on any atom is 0.261 e. The molecule has 2 aromatic carbocycles. The predicted molar refractivity (Wildman–Crippen MR) is 104 cm³/mol. The molecule has 1 aromatic heterocycles. The van der Waals surface area contributed by atoms with E-state index in [0.29, 0.717) is 66.9 Å². The van der Waals surface area contributed by atoms with Crippen molar-refractivity contribution in [3.8, 4) is 17.2 Å². The van der Waals surface area contributed by atoms with Crippen molar-refractivity contribution >= 4 is 10.9 Å².